The van der Waals surface area contributed by atoms with E-state index in [9.17, 15) is 4.79 Å². The molecule has 4 heterocycles. The molecule has 4 aromatic rings. The number of aliphatic imine (C=N–C) groups is 1. The zero-order valence-electron chi connectivity index (χ0n) is 19.3. The fourth-order valence-electron chi connectivity index (χ4n) is 4.93. The highest BCUT2D eigenvalue weighted by Gasteiger charge is 2.39. The van der Waals surface area contributed by atoms with Gasteiger partial charge in [0.05, 0.1) is 29.3 Å². The van der Waals surface area contributed by atoms with Gasteiger partial charge in [-0.3, -0.25) is 19.6 Å². The number of amides is 1. The van der Waals surface area contributed by atoms with Crippen molar-refractivity contribution < 1.29 is 4.79 Å². The number of nitrogens with zero attached hydrogens (tertiary/aromatic N) is 5. The van der Waals surface area contributed by atoms with E-state index in [1.165, 1.54) is 12.8 Å². The standard InChI is InChI=1S/C27H22N8O/c28-24-20(18-2-1-3-22-21(18)12-30-34-22)10-19(17-11-31-35(14-17)13-15-4-5-15)25-23(24)27(36)33-26(32-25)16-6-8-29-9-7-16/h1-3,6-12,14-15,23,28H,4-5,13H2,(H,30,34)(H,32,33,36). The van der Waals surface area contributed by atoms with Gasteiger partial charge in [0.1, 0.15) is 11.8 Å². The highest BCUT2D eigenvalue weighted by Crippen LogP contribution is 2.41. The molecule has 1 amide bonds. The van der Waals surface area contributed by atoms with E-state index >= 15 is 0 Å². The molecule has 1 saturated carbocycles. The fraction of sp³-hybridized carbons (Fsp3) is 0.185. The monoisotopic (exact) mass is 474 g/mol. The highest BCUT2D eigenvalue weighted by molar-refractivity contribution is 6.36. The van der Waals surface area contributed by atoms with Gasteiger partial charge in [-0.05, 0) is 48.6 Å². The van der Waals surface area contributed by atoms with Crippen molar-refractivity contribution in [1.29, 1.82) is 5.41 Å². The van der Waals surface area contributed by atoms with Crippen LogP contribution in [0.25, 0.3) is 22.0 Å². The quantitative estimate of drug-likeness (QED) is 0.409. The van der Waals surface area contributed by atoms with Crippen molar-refractivity contribution in [3.8, 4) is 0 Å². The maximum absolute atomic E-state index is 13.5. The second-order valence-electron chi connectivity index (χ2n) is 9.42. The summed E-state index contributed by atoms with van der Waals surface area (Å²) in [5, 5.41) is 24.7. The summed E-state index contributed by atoms with van der Waals surface area (Å²) in [6, 6.07) is 9.45. The zero-order valence-corrected chi connectivity index (χ0v) is 19.3. The molecular formula is C27H22N8O. The molecule has 7 rings (SSSR count). The number of aromatic nitrogens is 5. The number of allylic oxidation sites excluding steroid dienone is 3. The van der Waals surface area contributed by atoms with Crippen LogP contribution in [0.1, 0.15) is 29.5 Å². The van der Waals surface area contributed by atoms with E-state index in [0.717, 1.165) is 39.7 Å². The number of carbonyl (C=O) groups excluding carboxylic acids is 1. The smallest absolute Gasteiger partial charge is 0.240 e. The first-order valence-corrected chi connectivity index (χ1v) is 12.0. The third-order valence-corrected chi connectivity index (χ3v) is 6.97. The molecule has 1 unspecified atom stereocenters. The molecule has 2 aliphatic carbocycles. The summed E-state index contributed by atoms with van der Waals surface area (Å²) >= 11 is 0. The lowest BCUT2D eigenvalue weighted by molar-refractivity contribution is -0.121. The molecule has 176 valence electrons. The summed E-state index contributed by atoms with van der Waals surface area (Å²) in [6.45, 7) is 0.888. The Morgan fingerprint density at radius 3 is 2.78 bits per heavy atom. The lowest BCUT2D eigenvalue weighted by atomic mass is 9.79. The largest absolute Gasteiger partial charge is 0.309 e. The Morgan fingerprint density at radius 1 is 1.08 bits per heavy atom. The predicted molar refractivity (Wildman–Crippen MR) is 136 cm³/mol. The van der Waals surface area contributed by atoms with Crippen molar-refractivity contribution in [3.05, 3.63) is 89.8 Å². The number of rotatable bonds is 5. The summed E-state index contributed by atoms with van der Waals surface area (Å²) in [6.07, 6.45) is 13.4. The normalized spacial score (nSPS) is 19.7. The van der Waals surface area contributed by atoms with Crippen LogP contribution in [0, 0.1) is 17.2 Å². The number of aromatic amines is 1. The van der Waals surface area contributed by atoms with E-state index in [1.807, 2.05) is 53.5 Å². The minimum absolute atomic E-state index is 0.211. The van der Waals surface area contributed by atoms with Crippen LogP contribution >= 0.6 is 0 Å². The molecule has 36 heavy (non-hydrogen) atoms. The van der Waals surface area contributed by atoms with Crippen LogP contribution in [0.15, 0.2) is 78.1 Å². The summed E-state index contributed by atoms with van der Waals surface area (Å²) in [5.74, 6) is 0.0338. The van der Waals surface area contributed by atoms with Gasteiger partial charge in [0.15, 0.2) is 0 Å². The van der Waals surface area contributed by atoms with Crippen LogP contribution in [0.3, 0.4) is 0 Å². The molecule has 0 bridgehead atoms. The Labute approximate surface area is 206 Å². The molecule has 1 atom stereocenters. The van der Waals surface area contributed by atoms with E-state index < -0.39 is 5.92 Å². The molecule has 0 saturated heterocycles. The summed E-state index contributed by atoms with van der Waals surface area (Å²) < 4.78 is 1.97. The minimum Gasteiger partial charge on any atom is -0.309 e. The summed E-state index contributed by atoms with van der Waals surface area (Å²) in [4.78, 5) is 22.5. The van der Waals surface area contributed by atoms with Crippen molar-refractivity contribution in [2.24, 2.45) is 16.8 Å². The van der Waals surface area contributed by atoms with Gasteiger partial charge in [-0.1, -0.05) is 12.1 Å². The predicted octanol–water partition coefficient (Wildman–Crippen LogP) is 3.59. The molecule has 0 radical (unpaired) electrons. The van der Waals surface area contributed by atoms with E-state index in [1.54, 1.807) is 18.6 Å². The van der Waals surface area contributed by atoms with Crippen molar-refractivity contribution in [3.63, 3.8) is 0 Å². The van der Waals surface area contributed by atoms with Gasteiger partial charge in [-0.2, -0.15) is 10.2 Å². The molecule has 1 fully saturated rings. The van der Waals surface area contributed by atoms with E-state index in [2.05, 4.69) is 25.6 Å². The summed E-state index contributed by atoms with van der Waals surface area (Å²) in [5.41, 5.74) is 5.62. The van der Waals surface area contributed by atoms with Crippen LogP contribution in [-0.2, 0) is 11.3 Å². The number of pyridine rings is 1. The van der Waals surface area contributed by atoms with Gasteiger partial charge in [0, 0.05) is 52.8 Å². The van der Waals surface area contributed by atoms with Crippen LogP contribution in [0.4, 0.5) is 0 Å². The highest BCUT2D eigenvalue weighted by atomic mass is 16.2. The maximum Gasteiger partial charge on any atom is 0.240 e. The average Bonchev–Trinajstić information content (AvgIpc) is 3.36. The molecule has 3 N–H and O–H groups in total. The number of H-pyrrole nitrogens is 1. The average molecular weight is 475 g/mol. The number of benzene rings is 1. The lowest BCUT2D eigenvalue weighted by Crippen LogP contribution is -2.45. The second kappa shape index (κ2) is 7.94. The van der Waals surface area contributed by atoms with Crippen LogP contribution in [0.5, 0.6) is 0 Å². The Kier molecular flexibility index (Phi) is 4.57. The minimum atomic E-state index is -0.834. The molecular weight excluding hydrogens is 452 g/mol. The fourth-order valence-corrected chi connectivity index (χ4v) is 4.93. The van der Waals surface area contributed by atoms with Gasteiger partial charge >= 0.3 is 0 Å². The van der Waals surface area contributed by atoms with Gasteiger partial charge in [-0.15, -0.1) is 0 Å². The Morgan fingerprint density at radius 2 is 1.94 bits per heavy atom. The zero-order chi connectivity index (χ0) is 24.2. The van der Waals surface area contributed by atoms with Crippen LogP contribution in [0.2, 0.25) is 0 Å². The van der Waals surface area contributed by atoms with Gasteiger partial charge < -0.3 is 10.7 Å². The first kappa shape index (κ1) is 20.7. The van der Waals surface area contributed by atoms with Crippen molar-refractivity contribution in [2.45, 2.75) is 19.4 Å². The SMILES string of the molecule is N=C1C(c2cccc3[nH]ncc23)=CC(c2cnn(CC3CC3)c2)=C2N=C(c3ccncc3)NC(=O)C12. The summed E-state index contributed by atoms with van der Waals surface area (Å²) in [7, 11) is 0. The van der Waals surface area contributed by atoms with Gasteiger partial charge in [-0.25, -0.2) is 4.99 Å². The van der Waals surface area contributed by atoms with E-state index in [0.29, 0.717) is 23.0 Å². The van der Waals surface area contributed by atoms with E-state index in [4.69, 9.17) is 10.4 Å². The Balaban J connectivity index is 1.44. The molecule has 0 spiro atoms. The molecule has 9 heteroatoms. The van der Waals surface area contributed by atoms with Crippen LogP contribution in [-0.4, -0.2) is 42.4 Å². The topological polar surface area (TPSA) is 125 Å². The first-order chi connectivity index (χ1) is 17.7. The second-order valence-corrected chi connectivity index (χ2v) is 9.42. The maximum atomic E-state index is 13.5. The first-order valence-electron chi connectivity index (χ1n) is 12.0. The third-order valence-electron chi connectivity index (χ3n) is 6.97. The van der Waals surface area contributed by atoms with Crippen LogP contribution < -0.4 is 5.32 Å². The number of hydrogen-bond acceptors (Lipinski definition) is 6. The molecule has 9 nitrogen and oxygen atoms in total. The Hall–Kier alpha value is -4.66. The number of fused-ring (bicyclic) bond motifs is 2. The van der Waals surface area contributed by atoms with Crippen molar-refractivity contribution in [1.82, 2.24) is 30.3 Å². The lowest BCUT2D eigenvalue weighted by Gasteiger charge is -2.30. The number of carbonyl (C=O) groups is 1. The van der Waals surface area contributed by atoms with Gasteiger partial charge in [0.25, 0.3) is 0 Å². The van der Waals surface area contributed by atoms with E-state index in [-0.39, 0.29) is 11.6 Å². The number of nitrogens with one attached hydrogen (secondary N) is 3. The number of hydrogen-bond donors (Lipinski definition) is 3. The number of amidine groups is 1. The van der Waals surface area contributed by atoms with Crippen molar-refractivity contribution in [2.75, 3.05) is 0 Å². The van der Waals surface area contributed by atoms with Crippen molar-refractivity contribution >= 4 is 39.5 Å². The molecule has 1 aliphatic heterocycles. The Bertz CT molecular complexity index is 1630. The molecule has 1 aromatic carbocycles. The third kappa shape index (κ3) is 3.39. The van der Waals surface area contributed by atoms with Gasteiger partial charge in [0.2, 0.25) is 5.91 Å². The molecule has 3 aliphatic rings. The molecule has 3 aromatic heterocycles.